The lowest BCUT2D eigenvalue weighted by atomic mass is 10.0. The summed E-state index contributed by atoms with van der Waals surface area (Å²) in [4.78, 5) is 27.5. The second kappa shape index (κ2) is 9.03. The van der Waals surface area contributed by atoms with Gasteiger partial charge in [-0.1, -0.05) is 38.1 Å². The Bertz CT molecular complexity index is 961. The third-order valence-corrected chi connectivity index (χ3v) is 4.72. The molecule has 0 aliphatic carbocycles. The number of para-hydroxylation sites is 2. The molecule has 1 aliphatic heterocycles. The Morgan fingerprint density at radius 1 is 0.933 bits per heavy atom. The molecule has 1 aliphatic rings. The van der Waals surface area contributed by atoms with Crippen molar-refractivity contribution < 1.29 is 19.1 Å². The van der Waals surface area contributed by atoms with Crippen molar-refractivity contribution >= 4 is 23.1 Å². The van der Waals surface area contributed by atoms with Gasteiger partial charge in [-0.2, -0.15) is 0 Å². The molecule has 3 rings (SSSR count). The second-order valence-corrected chi connectivity index (χ2v) is 7.88. The van der Waals surface area contributed by atoms with E-state index in [0.29, 0.717) is 35.1 Å². The highest BCUT2D eigenvalue weighted by atomic mass is 16.5. The summed E-state index contributed by atoms with van der Waals surface area (Å²) in [5.41, 5.74) is 1.87. The molecule has 0 spiro atoms. The number of ether oxygens (including phenoxy) is 2. The number of carbonyl (C=O) groups excluding carboxylic acids is 2. The quantitative estimate of drug-likeness (QED) is 0.659. The van der Waals surface area contributed by atoms with E-state index in [1.54, 1.807) is 13.2 Å². The monoisotopic (exact) mass is 408 g/mol. The highest BCUT2D eigenvalue weighted by molar-refractivity contribution is 6.36. The van der Waals surface area contributed by atoms with Crippen LogP contribution in [0.1, 0.15) is 33.3 Å². The summed E-state index contributed by atoms with van der Waals surface area (Å²) in [5, 5.41) is 3.14. The zero-order valence-electron chi connectivity index (χ0n) is 18.1. The van der Waals surface area contributed by atoms with Gasteiger partial charge in [-0.15, -0.1) is 0 Å². The lowest BCUT2D eigenvalue weighted by molar-refractivity contribution is -0.138. The van der Waals surface area contributed by atoms with Gasteiger partial charge >= 0.3 is 0 Å². The number of carbonyl (C=O) groups is 2. The normalized spacial score (nSPS) is 14.2. The molecule has 0 saturated carbocycles. The minimum atomic E-state index is -0.351. The van der Waals surface area contributed by atoms with Crippen LogP contribution in [0.4, 0.5) is 5.69 Å². The SMILES string of the molecule is COc1ccccc1NC1=C(c2ccc(OCC(C)C)cc2)C(=O)N(C(C)C)C1=O. The van der Waals surface area contributed by atoms with E-state index in [4.69, 9.17) is 9.47 Å². The minimum absolute atomic E-state index is 0.244. The van der Waals surface area contributed by atoms with Gasteiger partial charge in [0.1, 0.15) is 17.2 Å². The molecule has 0 unspecified atom stereocenters. The maximum Gasteiger partial charge on any atom is 0.278 e. The van der Waals surface area contributed by atoms with Crippen molar-refractivity contribution in [3.63, 3.8) is 0 Å². The average Bonchev–Trinajstić information content (AvgIpc) is 2.97. The standard InChI is InChI=1S/C24H28N2O4/c1-15(2)14-30-18-12-10-17(11-13-18)21-22(24(28)26(16(3)4)23(21)27)25-19-8-6-7-9-20(19)29-5/h6-13,15-16,25H,14H2,1-5H3. The Balaban J connectivity index is 2.01. The van der Waals surface area contributed by atoms with Crippen molar-refractivity contribution in [1.29, 1.82) is 0 Å². The van der Waals surface area contributed by atoms with Crippen LogP contribution in [0.5, 0.6) is 11.5 Å². The number of amides is 2. The highest BCUT2D eigenvalue weighted by Crippen LogP contribution is 2.34. The van der Waals surface area contributed by atoms with Crippen molar-refractivity contribution in [1.82, 2.24) is 4.90 Å². The van der Waals surface area contributed by atoms with Crippen LogP contribution in [0.2, 0.25) is 0 Å². The summed E-state index contributed by atoms with van der Waals surface area (Å²) < 4.78 is 11.1. The van der Waals surface area contributed by atoms with E-state index in [9.17, 15) is 9.59 Å². The van der Waals surface area contributed by atoms with Gasteiger partial charge in [0.15, 0.2) is 0 Å². The largest absolute Gasteiger partial charge is 0.495 e. The highest BCUT2D eigenvalue weighted by Gasteiger charge is 2.40. The van der Waals surface area contributed by atoms with Gasteiger partial charge < -0.3 is 14.8 Å². The van der Waals surface area contributed by atoms with Gasteiger partial charge in [-0.25, -0.2) is 0 Å². The van der Waals surface area contributed by atoms with Crippen LogP contribution in [0, 0.1) is 5.92 Å². The Kier molecular flexibility index (Phi) is 6.45. The summed E-state index contributed by atoms with van der Waals surface area (Å²) in [6, 6.07) is 14.3. The first-order chi connectivity index (χ1) is 14.3. The van der Waals surface area contributed by atoms with Crippen molar-refractivity contribution in [2.75, 3.05) is 19.0 Å². The minimum Gasteiger partial charge on any atom is -0.495 e. The molecule has 2 aromatic rings. The predicted octanol–water partition coefficient (Wildman–Crippen LogP) is 4.33. The molecule has 6 nitrogen and oxygen atoms in total. The average molecular weight is 408 g/mol. The zero-order valence-corrected chi connectivity index (χ0v) is 18.1. The van der Waals surface area contributed by atoms with Gasteiger partial charge in [-0.3, -0.25) is 14.5 Å². The molecule has 2 amide bonds. The first-order valence-electron chi connectivity index (χ1n) is 10.1. The predicted molar refractivity (Wildman–Crippen MR) is 117 cm³/mol. The molecule has 0 radical (unpaired) electrons. The number of nitrogens with one attached hydrogen (secondary N) is 1. The maximum absolute atomic E-state index is 13.2. The van der Waals surface area contributed by atoms with Gasteiger partial charge in [-0.05, 0) is 49.6 Å². The molecule has 1 heterocycles. The molecule has 1 N–H and O–H groups in total. The molecule has 158 valence electrons. The van der Waals surface area contributed by atoms with Gasteiger partial charge in [0.25, 0.3) is 11.8 Å². The number of benzene rings is 2. The van der Waals surface area contributed by atoms with Crippen molar-refractivity contribution in [3.8, 4) is 11.5 Å². The number of anilines is 1. The topological polar surface area (TPSA) is 67.9 Å². The van der Waals surface area contributed by atoms with Crippen LogP contribution >= 0.6 is 0 Å². The first-order valence-corrected chi connectivity index (χ1v) is 10.1. The molecular weight excluding hydrogens is 380 g/mol. The molecule has 0 atom stereocenters. The second-order valence-electron chi connectivity index (χ2n) is 7.88. The van der Waals surface area contributed by atoms with Gasteiger partial charge in [0, 0.05) is 6.04 Å². The Hall–Kier alpha value is -3.28. The maximum atomic E-state index is 13.2. The fraction of sp³-hybridized carbons (Fsp3) is 0.333. The molecule has 0 aromatic heterocycles. The van der Waals surface area contributed by atoms with Crippen molar-refractivity contribution in [2.24, 2.45) is 5.92 Å². The first kappa shape index (κ1) is 21.4. The number of hydrogen-bond acceptors (Lipinski definition) is 5. The van der Waals surface area contributed by atoms with Crippen LogP contribution < -0.4 is 14.8 Å². The smallest absolute Gasteiger partial charge is 0.278 e. The van der Waals surface area contributed by atoms with Crippen LogP contribution in [-0.4, -0.2) is 36.5 Å². The van der Waals surface area contributed by atoms with E-state index in [2.05, 4.69) is 19.2 Å². The zero-order chi connectivity index (χ0) is 21.8. The summed E-state index contributed by atoms with van der Waals surface area (Å²) in [5.74, 6) is 1.06. The summed E-state index contributed by atoms with van der Waals surface area (Å²) in [7, 11) is 1.56. The lowest BCUT2D eigenvalue weighted by Gasteiger charge is -2.19. The number of rotatable bonds is 8. The van der Waals surface area contributed by atoms with Gasteiger partial charge in [0.05, 0.1) is 25.0 Å². The molecule has 6 heteroatoms. The van der Waals surface area contributed by atoms with E-state index in [-0.39, 0.29) is 23.6 Å². The van der Waals surface area contributed by atoms with Crippen molar-refractivity contribution in [2.45, 2.75) is 33.7 Å². The van der Waals surface area contributed by atoms with Crippen LogP contribution in [0.3, 0.4) is 0 Å². The molecule has 0 fully saturated rings. The summed E-state index contributed by atoms with van der Waals surface area (Å²) >= 11 is 0. The molecule has 30 heavy (non-hydrogen) atoms. The van der Waals surface area contributed by atoms with E-state index in [1.807, 2.05) is 56.3 Å². The number of hydrogen-bond donors (Lipinski definition) is 1. The molecule has 0 saturated heterocycles. The fourth-order valence-electron chi connectivity index (χ4n) is 3.26. The van der Waals surface area contributed by atoms with E-state index >= 15 is 0 Å². The van der Waals surface area contributed by atoms with Gasteiger partial charge in [0.2, 0.25) is 0 Å². The number of nitrogens with zero attached hydrogens (tertiary/aromatic N) is 1. The van der Waals surface area contributed by atoms with E-state index < -0.39 is 0 Å². The third kappa shape index (κ3) is 4.32. The van der Waals surface area contributed by atoms with Crippen LogP contribution in [-0.2, 0) is 9.59 Å². The van der Waals surface area contributed by atoms with E-state index in [0.717, 1.165) is 5.75 Å². The lowest BCUT2D eigenvalue weighted by Crippen LogP contribution is -2.38. The number of imide groups is 1. The third-order valence-electron chi connectivity index (χ3n) is 4.72. The van der Waals surface area contributed by atoms with E-state index in [1.165, 1.54) is 4.90 Å². The van der Waals surface area contributed by atoms with Crippen LogP contribution in [0.25, 0.3) is 5.57 Å². The van der Waals surface area contributed by atoms with Crippen molar-refractivity contribution in [3.05, 3.63) is 59.8 Å². The molecule has 2 aromatic carbocycles. The summed E-state index contributed by atoms with van der Waals surface area (Å²) in [6.45, 7) is 8.42. The summed E-state index contributed by atoms with van der Waals surface area (Å²) in [6.07, 6.45) is 0. The Morgan fingerprint density at radius 3 is 2.20 bits per heavy atom. The Morgan fingerprint density at radius 2 is 1.60 bits per heavy atom. The van der Waals surface area contributed by atoms with Crippen LogP contribution in [0.15, 0.2) is 54.2 Å². The molecule has 0 bridgehead atoms. The fourth-order valence-corrected chi connectivity index (χ4v) is 3.26. The Labute approximate surface area is 177 Å². The molecular formula is C24H28N2O4. The number of methoxy groups -OCH3 is 1.